The van der Waals surface area contributed by atoms with Crippen LogP contribution in [-0.4, -0.2) is 22.4 Å². The summed E-state index contributed by atoms with van der Waals surface area (Å²) in [5, 5.41) is 11.8. The third kappa shape index (κ3) is 1.95. The topological polar surface area (TPSA) is 59.3 Å². The Kier molecular flexibility index (Phi) is 3.23. The van der Waals surface area contributed by atoms with Gasteiger partial charge in [-0.2, -0.15) is 4.37 Å². The van der Waals surface area contributed by atoms with Gasteiger partial charge in [0.25, 0.3) is 5.69 Å². The molecule has 0 bridgehead atoms. The van der Waals surface area contributed by atoms with Crippen LogP contribution in [0.2, 0.25) is 0 Å². The summed E-state index contributed by atoms with van der Waals surface area (Å²) in [4.78, 5) is 12.7. The molecular weight excluding hydrogens is 238 g/mol. The lowest BCUT2D eigenvalue weighted by Crippen LogP contribution is -2.21. The van der Waals surface area contributed by atoms with Crippen LogP contribution < -0.4 is 4.90 Å². The van der Waals surface area contributed by atoms with E-state index in [1.54, 1.807) is 12.3 Å². The Balaban J connectivity index is 2.64. The van der Waals surface area contributed by atoms with Crippen molar-refractivity contribution in [3.05, 3.63) is 28.4 Å². The Bertz CT molecular complexity index is 549. The van der Waals surface area contributed by atoms with Gasteiger partial charge in [-0.3, -0.25) is 10.1 Å². The molecule has 5 nitrogen and oxygen atoms in total. The van der Waals surface area contributed by atoms with E-state index in [1.807, 2.05) is 6.07 Å². The highest BCUT2D eigenvalue weighted by molar-refractivity contribution is 7.14. The molecule has 0 N–H and O–H groups in total. The molecule has 0 spiro atoms. The Morgan fingerprint density at radius 1 is 1.41 bits per heavy atom. The van der Waals surface area contributed by atoms with Crippen molar-refractivity contribution in [2.75, 3.05) is 18.0 Å². The molecule has 90 valence electrons. The van der Waals surface area contributed by atoms with Gasteiger partial charge in [0.1, 0.15) is 4.70 Å². The van der Waals surface area contributed by atoms with Crippen LogP contribution in [0, 0.1) is 10.1 Å². The summed E-state index contributed by atoms with van der Waals surface area (Å²) in [5.74, 6) is 0. The average Bonchev–Trinajstić information content (AvgIpc) is 2.79. The van der Waals surface area contributed by atoms with E-state index >= 15 is 0 Å². The highest BCUT2D eigenvalue weighted by Gasteiger charge is 2.18. The summed E-state index contributed by atoms with van der Waals surface area (Å²) >= 11 is 1.18. The molecule has 0 saturated heterocycles. The van der Waals surface area contributed by atoms with Crippen LogP contribution in [0.15, 0.2) is 18.3 Å². The van der Waals surface area contributed by atoms with Gasteiger partial charge in [0.05, 0.1) is 11.1 Å². The summed E-state index contributed by atoms with van der Waals surface area (Å²) in [6.07, 6.45) is 1.71. The first-order valence-corrected chi connectivity index (χ1v) is 6.23. The Labute approximate surface area is 103 Å². The van der Waals surface area contributed by atoms with Crippen molar-refractivity contribution < 1.29 is 4.92 Å². The Morgan fingerprint density at radius 3 is 2.71 bits per heavy atom. The predicted molar refractivity (Wildman–Crippen MR) is 69.8 cm³/mol. The molecule has 0 fully saturated rings. The molecule has 0 amide bonds. The lowest BCUT2D eigenvalue weighted by molar-refractivity contribution is -0.382. The van der Waals surface area contributed by atoms with Crippen molar-refractivity contribution in [1.82, 2.24) is 4.37 Å². The summed E-state index contributed by atoms with van der Waals surface area (Å²) in [7, 11) is 0. The van der Waals surface area contributed by atoms with Crippen molar-refractivity contribution in [3.63, 3.8) is 0 Å². The van der Waals surface area contributed by atoms with Crippen LogP contribution in [-0.2, 0) is 0 Å². The third-order valence-electron chi connectivity index (χ3n) is 2.78. The zero-order valence-corrected chi connectivity index (χ0v) is 10.5. The van der Waals surface area contributed by atoms with Crippen LogP contribution >= 0.6 is 11.5 Å². The summed E-state index contributed by atoms with van der Waals surface area (Å²) in [5.41, 5.74) is 1.16. The SMILES string of the molecule is CCN(CC)c1ccc([N+](=O)[O-])c2sncc12. The van der Waals surface area contributed by atoms with Gasteiger partial charge in [0.15, 0.2) is 0 Å². The number of hydrogen-bond acceptors (Lipinski definition) is 5. The summed E-state index contributed by atoms with van der Waals surface area (Å²) in [6, 6.07) is 3.37. The first-order chi connectivity index (χ1) is 8.19. The maximum Gasteiger partial charge on any atom is 0.288 e. The highest BCUT2D eigenvalue weighted by atomic mass is 32.1. The number of benzene rings is 1. The summed E-state index contributed by atoms with van der Waals surface area (Å²) < 4.78 is 4.72. The summed E-state index contributed by atoms with van der Waals surface area (Å²) in [6.45, 7) is 5.88. The second-order valence-electron chi connectivity index (χ2n) is 3.60. The molecule has 0 saturated carbocycles. The lowest BCUT2D eigenvalue weighted by atomic mass is 10.2. The largest absolute Gasteiger partial charge is 0.372 e. The molecule has 2 aromatic rings. The molecule has 1 aromatic heterocycles. The molecule has 0 radical (unpaired) electrons. The molecule has 0 aliphatic carbocycles. The van der Waals surface area contributed by atoms with E-state index in [2.05, 4.69) is 23.1 Å². The average molecular weight is 251 g/mol. The smallest absolute Gasteiger partial charge is 0.288 e. The van der Waals surface area contributed by atoms with Crippen LogP contribution in [0.1, 0.15) is 13.8 Å². The van der Waals surface area contributed by atoms with E-state index in [-0.39, 0.29) is 10.6 Å². The second kappa shape index (κ2) is 4.67. The monoisotopic (exact) mass is 251 g/mol. The molecule has 1 aromatic carbocycles. The zero-order chi connectivity index (χ0) is 12.4. The molecule has 1 heterocycles. The van der Waals surface area contributed by atoms with E-state index < -0.39 is 0 Å². The van der Waals surface area contributed by atoms with Crippen LogP contribution in [0.4, 0.5) is 11.4 Å². The number of anilines is 1. The zero-order valence-electron chi connectivity index (χ0n) is 9.71. The van der Waals surface area contributed by atoms with Gasteiger partial charge >= 0.3 is 0 Å². The van der Waals surface area contributed by atoms with E-state index in [0.29, 0.717) is 4.70 Å². The van der Waals surface area contributed by atoms with Crippen molar-refractivity contribution >= 4 is 33.0 Å². The fraction of sp³-hybridized carbons (Fsp3) is 0.364. The number of hydrogen-bond donors (Lipinski definition) is 0. The van der Waals surface area contributed by atoms with Crippen LogP contribution in [0.5, 0.6) is 0 Å². The molecule has 0 atom stereocenters. The molecular formula is C11H13N3O2S. The quantitative estimate of drug-likeness (QED) is 0.619. The number of nitro benzene ring substituents is 1. The lowest BCUT2D eigenvalue weighted by Gasteiger charge is -2.21. The molecule has 2 rings (SSSR count). The number of fused-ring (bicyclic) bond motifs is 1. The van der Waals surface area contributed by atoms with Gasteiger partial charge in [-0.25, -0.2) is 0 Å². The van der Waals surface area contributed by atoms with E-state index in [9.17, 15) is 10.1 Å². The van der Waals surface area contributed by atoms with Gasteiger partial charge < -0.3 is 4.90 Å². The third-order valence-corrected chi connectivity index (χ3v) is 3.60. The molecule has 6 heteroatoms. The number of nitro groups is 1. The van der Waals surface area contributed by atoms with Crippen molar-refractivity contribution in [2.45, 2.75) is 13.8 Å². The maximum absolute atomic E-state index is 10.9. The van der Waals surface area contributed by atoms with Gasteiger partial charge in [-0.15, -0.1) is 0 Å². The molecule has 17 heavy (non-hydrogen) atoms. The Morgan fingerprint density at radius 2 is 2.12 bits per heavy atom. The highest BCUT2D eigenvalue weighted by Crippen LogP contribution is 2.35. The van der Waals surface area contributed by atoms with Gasteiger partial charge in [0, 0.05) is 30.2 Å². The normalized spacial score (nSPS) is 10.7. The minimum absolute atomic E-state index is 0.137. The number of rotatable bonds is 4. The fourth-order valence-corrected chi connectivity index (χ4v) is 2.67. The number of aromatic nitrogens is 1. The maximum atomic E-state index is 10.9. The van der Waals surface area contributed by atoms with Crippen LogP contribution in [0.3, 0.4) is 0 Å². The Hall–Kier alpha value is -1.69. The van der Waals surface area contributed by atoms with Crippen molar-refractivity contribution in [1.29, 1.82) is 0 Å². The van der Waals surface area contributed by atoms with Gasteiger partial charge in [0.2, 0.25) is 0 Å². The second-order valence-corrected chi connectivity index (χ2v) is 4.40. The van der Waals surface area contributed by atoms with Gasteiger partial charge in [-0.1, -0.05) is 0 Å². The minimum Gasteiger partial charge on any atom is -0.372 e. The van der Waals surface area contributed by atoms with Crippen molar-refractivity contribution in [3.8, 4) is 0 Å². The molecule has 0 aliphatic heterocycles. The van der Waals surface area contributed by atoms with Crippen LogP contribution in [0.25, 0.3) is 10.1 Å². The van der Waals surface area contributed by atoms with Gasteiger partial charge in [-0.05, 0) is 31.4 Å². The standard InChI is InChI=1S/C11H13N3O2S/c1-3-13(4-2)9-5-6-10(14(15)16)11-8(9)7-12-17-11/h5-7H,3-4H2,1-2H3. The first-order valence-electron chi connectivity index (χ1n) is 5.45. The van der Waals surface area contributed by atoms with E-state index in [1.165, 1.54) is 11.5 Å². The van der Waals surface area contributed by atoms with E-state index in [0.717, 1.165) is 24.2 Å². The van der Waals surface area contributed by atoms with E-state index in [4.69, 9.17) is 0 Å². The minimum atomic E-state index is -0.355. The molecule has 0 unspecified atom stereocenters. The predicted octanol–water partition coefficient (Wildman–Crippen LogP) is 3.05. The molecule has 0 aliphatic rings. The van der Waals surface area contributed by atoms with Crippen molar-refractivity contribution in [2.24, 2.45) is 0 Å². The number of non-ortho nitro benzene ring substituents is 1. The number of nitrogens with zero attached hydrogens (tertiary/aromatic N) is 3. The fourth-order valence-electron chi connectivity index (χ4n) is 1.91. The first kappa shape index (κ1) is 11.8.